The van der Waals surface area contributed by atoms with Gasteiger partial charge in [-0.05, 0) is 37.8 Å². The third-order valence-electron chi connectivity index (χ3n) is 4.00. The summed E-state index contributed by atoms with van der Waals surface area (Å²) in [4.78, 5) is 0.210. The maximum absolute atomic E-state index is 12.8. The number of sulfonamides is 1. The maximum Gasteiger partial charge on any atom is 0.245 e. The third kappa shape index (κ3) is 2.29. The van der Waals surface area contributed by atoms with Gasteiger partial charge in [0.25, 0.3) is 0 Å². The molecule has 2 fully saturated rings. The molecule has 1 aromatic rings. The van der Waals surface area contributed by atoms with Gasteiger partial charge in [-0.25, -0.2) is 8.42 Å². The molecule has 6 heteroatoms. The largest absolute Gasteiger partial charge is 0.245 e. The molecule has 0 aliphatic carbocycles. The van der Waals surface area contributed by atoms with Crippen molar-refractivity contribution in [1.29, 1.82) is 0 Å². The molecule has 2 aliphatic rings. The molecule has 2 bridgehead atoms. The quantitative estimate of drug-likeness (QED) is 0.784. The topological polar surface area (TPSA) is 37.4 Å². The standard InChI is InChI=1S/C13H15Cl2NO2S/c14-9-7-10-5-6-11(8-9)16(10)19(17,18)13-4-2-1-3-12(13)15/h1-4,9-11H,5-8H2. The maximum atomic E-state index is 12.8. The smallest absolute Gasteiger partial charge is 0.207 e. The van der Waals surface area contributed by atoms with Gasteiger partial charge in [-0.1, -0.05) is 23.7 Å². The molecule has 3 rings (SSSR count). The van der Waals surface area contributed by atoms with E-state index in [4.69, 9.17) is 23.2 Å². The highest BCUT2D eigenvalue weighted by Gasteiger charge is 2.47. The third-order valence-corrected chi connectivity index (χ3v) is 6.86. The van der Waals surface area contributed by atoms with Gasteiger partial charge in [-0.2, -0.15) is 4.31 Å². The number of hydrogen-bond donors (Lipinski definition) is 0. The molecule has 0 amide bonds. The van der Waals surface area contributed by atoms with Crippen LogP contribution in [0.15, 0.2) is 29.2 Å². The van der Waals surface area contributed by atoms with Gasteiger partial charge in [0.15, 0.2) is 0 Å². The number of halogens is 2. The van der Waals surface area contributed by atoms with Crippen LogP contribution in [0.2, 0.25) is 5.02 Å². The summed E-state index contributed by atoms with van der Waals surface area (Å²) in [5.74, 6) is 0. The fourth-order valence-electron chi connectivity index (χ4n) is 3.23. The van der Waals surface area contributed by atoms with Gasteiger partial charge in [0.2, 0.25) is 10.0 Å². The Morgan fingerprint density at radius 3 is 2.26 bits per heavy atom. The van der Waals surface area contributed by atoms with Crippen LogP contribution in [0, 0.1) is 0 Å². The molecule has 2 aliphatic heterocycles. The zero-order chi connectivity index (χ0) is 13.6. The van der Waals surface area contributed by atoms with Crippen molar-refractivity contribution in [2.24, 2.45) is 0 Å². The van der Waals surface area contributed by atoms with Crippen LogP contribution in [0.4, 0.5) is 0 Å². The van der Waals surface area contributed by atoms with E-state index < -0.39 is 10.0 Å². The highest BCUT2D eigenvalue weighted by atomic mass is 35.5. The Bertz CT molecular complexity index is 576. The van der Waals surface area contributed by atoms with E-state index in [0.717, 1.165) is 25.7 Å². The predicted molar refractivity (Wildman–Crippen MR) is 76.2 cm³/mol. The van der Waals surface area contributed by atoms with Crippen LogP contribution < -0.4 is 0 Å². The first kappa shape index (κ1) is 13.7. The number of piperidine rings is 1. The minimum absolute atomic E-state index is 0.0301. The summed E-state index contributed by atoms with van der Waals surface area (Å²) in [5, 5.41) is 0.380. The molecule has 3 nitrogen and oxygen atoms in total. The van der Waals surface area contributed by atoms with Gasteiger partial charge in [0.1, 0.15) is 4.90 Å². The number of fused-ring (bicyclic) bond motifs is 2. The van der Waals surface area contributed by atoms with Crippen LogP contribution in [0.1, 0.15) is 25.7 Å². The van der Waals surface area contributed by atoms with E-state index in [1.54, 1.807) is 28.6 Å². The minimum Gasteiger partial charge on any atom is -0.207 e. The lowest BCUT2D eigenvalue weighted by atomic mass is 10.1. The summed E-state index contributed by atoms with van der Waals surface area (Å²) >= 11 is 12.2. The Kier molecular flexibility index (Phi) is 3.54. The Labute approximate surface area is 123 Å². The van der Waals surface area contributed by atoms with E-state index >= 15 is 0 Å². The van der Waals surface area contributed by atoms with E-state index in [9.17, 15) is 8.42 Å². The summed E-state index contributed by atoms with van der Waals surface area (Å²) in [7, 11) is -3.51. The van der Waals surface area contributed by atoms with Crippen molar-refractivity contribution in [1.82, 2.24) is 4.31 Å². The summed E-state index contributed by atoms with van der Waals surface area (Å²) < 4.78 is 27.2. The van der Waals surface area contributed by atoms with Crippen molar-refractivity contribution in [3.8, 4) is 0 Å². The molecule has 1 aromatic carbocycles. The fraction of sp³-hybridized carbons (Fsp3) is 0.538. The Morgan fingerprint density at radius 1 is 1.11 bits per heavy atom. The zero-order valence-corrected chi connectivity index (χ0v) is 12.6. The highest BCUT2D eigenvalue weighted by molar-refractivity contribution is 7.89. The Hall–Kier alpha value is -0.290. The predicted octanol–water partition coefficient (Wildman–Crippen LogP) is 3.26. The normalized spacial score (nSPS) is 31.6. The van der Waals surface area contributed by atoms with Crippen LogP contribution in [0.3, 0.4) is 0 Å². The first-order valence-electron chi connectivity index (χ1n) is 6.42. The van der Waals surface area contributed by atoms with E-state index in [1.165, 1.54) is 0 Å². The highest BCUT2D eigenvalue weighted by Crippen LogP contribution is 2.42. The average Bonchev–Trinajstić information content (AvgIpc) is 2.63. The molecule has 2 unspecified atom stereocenters. The van der Waals surface area contributed by atoms with Gasteiger partial charge in [0.05, 0.1) is 5.02 Å². The zero-order valence-electron chi connectivity index (χ0n) is 10.3. The van der Waals surface area contributed by atoms with E-state index in [2.05, 4.69) is 0 Å². The first-order valence-corrected chi connectivity index (χ1v) is 8.67. The van der Waals surface area contributed by atoms with Crippen LogP contribution in [0.25, 0.3) is 0 Å². The summed E-state index contributed by atoms with van der Waals surface area (Å²) in [5.41, 5.74) is 0. The van der Waals surface area contributed by atoms with Crippen molar-refractivity contribution < 1.29 is 8.42 Å². The van der Waals surface area contributed by atoms with Crippen molar-refractivity contribution in [3.05, 3.63) is 29.3 Å². The van der Waals surface area contributed by atoms with Gasteiger partial charge in [-0.3, -0.25) is 0 Å². The van der Waals surface area contributed by atoms with Crippen LogP contribution >= 0.6 is 23.2 Å². The van der Waals surface area contributed by atoms with Gasteiger partial charge >= 0.3 is 0 Å². The molecule has 0 aromatic heterocycles. The lowest BCUT2D eigenvalue weighted by Gasteiger charge is -2.35. The monoisotopic (exact) mass is 319 g/mol. The van der Waals surface area contributed by atoms with Crippen molar-refractivity contribution in [2.75, 3.05) is 0 Å². The summed E-state index contributed by atoms with van der Waals surface area (Å²) in [6.45, 7) is 0. The number of nitrogens with zero attached hydrogens (tertiary/aromatic N) is 1. The number of rotatable bonds is 2. The SMILES string of the molecule is O=S(=O)(c1ccccc1Cl)N1C2CCC1CC(Cl)C2. The first-order chi connectivity index (χ1) is 9.00. The summed E-state index contributed by atoms with van der Waals surface area (Å²) in [6, 6.07) is 6.69. The average molecular weight is 320 g/mol. The molecule has 0 radical (unpaired) electrons. The molecule has 0 saturated carbocycles. The van der Waals surface area contributed by atoms with Crippen molar-refractivity contribution >= 4 is 33.2 Å². The molecular weight excluding hydrogens is 305 g/mol. The van der Waals surface area contributed by atoms with E-state index in [-0.39, 0.29) is 27.4 Å². The molecule has 0 spiro atoms. The number of hydrogen-bond acceptors (Lipinski definition) is 2. The van der Waals surface area contributed by atoms with Gasteiger partial charge in [-0.15, -0.1) is 11.6 Å². The van der Waals surface area contributed by atoms with Gasteiger partial charge < -0.3 is 0 Å². The fourth-order valence-corrected chi connectivity index (χ4v) is 6.03. The Morgan fingerprint density at radius 2 is 1.68 bits per heavy atom. The molecule has 19 heavy (non-hydrogen) atoms. The van der Waals surface area contributed by atoms with Crippen LogP contribution in [-0.4, -0.2) is 30.2 Å². The lowest BCUT2D eigenvalue weighted by molar-refractivity contribution is 0.251. The number of alkyl halides is 1. The number of benzene rings is 1. The van der Waals surface area contributed by atoms with Crippen LogP contribution in [-0.2, 0) is 10.0 Å². The molecule has 0 N–H and O–H groups in total. The molecule has 2 saturated heterocycles. The molecular formula is C13H15Cl2NO2S. The van der Waals surface area contributed by atoms with Gasteiger partial charge in [0, 0.05) is 17.5 Å². The summed E-state index contributed by atoms with van der Waals surface area (Å²) in [6.07, 6.45) is 3.28. The van der Waals surface area contributed by atoms with E-state index in [0.29, 0.717) is 0 Å². The second-order valence-corrected chi connectivity index (χ2v) is 8.06. The minimum atomic E-state index is -3.51. The van der Waals surface area contributed by atoms with Crippen molar-refractivity contribution in [3.63, 3.8) is 0 Å². The molecule has 2 atom stereocenters. The van der Waals surface area contributed by atoms with Crippen molar-refractivity contribution in [2.45, 2.75) is 48.0 Å². The lowest BCUT2D eigenvalue weighted by Crippen LogP contribution is -2.46. The molecule has 2 heterocycles. The van der Waals surface area contributed by atoms with E-state index in [1.807, 2.05) is 0 Å². The Balaban J connectivity index is 2.01. The molecule has 104 valence electrons. The second kappa shape index (κ2) is 4.92. The second-order valence-electron chi connectivity index (χ2n) is 5.22. The van der Waals surface area contributed by atoms with Crippen LogP contribution in [0.5, 0.6) is 0 Å².